The molecule has 5 rings (SSSR count). The molecular weight excluding hydrogens is 495 g/mol. The van der Waals surface area contributed by atoms with Gasteiger partial charge in [-0.05, 0) is 61.2 Å². The van der Waals surface area contributed by atoms with Crippen LogP contribution in [0.2, 0.25) is 5.02 Å². The van der Waals surface area contributed by atoms with E-state index in [0.29, 0.717) is 66.8 Å². The van der Waals surface area contributed by atoms with Crippen molar-refractivity contribution >= 4 is 23.2 Å². The summed E-state index contributed by atoms with van der Waals surface area (Å²) in [5, 5.41) is 13.7. The largest absolute Gasteiger partial charge is 0.481 e. The predicted octanol–water partition coefficient (Wildman–Crippen LogP) is 5.10. The maximum Gasteiger partial charge on any atom is 0.265 e. The van der Waals surface area contributed by atoms with Crippen molar-refractivity contribution in [3.05, 3.63) is 71.1 Å². The van der Waals surface area contributed by atoms with E-state index >= 15 is 0 Å². The molecule has 1 aromatic heterocycles. The number of aromatic nitrogens is 1. The van der Waals surface area contributed by atoms with E-state index in [9.17, 15) is 14.4 Å². The van der Waals surface area contributed by atoms with Crippen LogP contribution in [0.25, 0.3) is 11.1 Å². The van der Waals surface area contributed by atoms with Gasteiger partial charge in [0.05, 0.1) is 35.8 Å². The summed E-state index contributed by atoms with van der Waals surface area (Å²) in [5.41, 5.74) is 2.46. The van der Waals surface area contributed by atoms with Gasteiger partial charge in [-0.25, -0.2) is 9.37 Å². The second-order valence-electron chi connectivity index (χ2n) is 9.40. The first-order valence-corrected chi connectivity index (χ1v) is 12.5. The monoisotopic (exact) mass is 520 g/mol. The van der Waals surface area contributed by atoms with Gasteiger partial charge in [-0.2, -0.15) is 5.26 Å². The van der Waals surface area contributed by atoms with E-state index in [1.807, 2.05) is 6.07 Å². The molecule has 3 aromatic rings. The summed E-state index contributed by atoms with van der Waals surface area (Å²) < 4.78 is 24.8. The van der Waals surface area contributed by atoms with Crippen LogP contribution in [0.1, 0.15) is 18.4 Å². The quantitative estimate of drug-likeness (QED) is 0.504. The Morgan fingerprint density at radius 3 is 2.73 bits per heavy atom. The SMILES string of the molecule is COc1ncccc1-c1cc2c(cc1Cl)NCC(C(=O)N1CCC(C#N)(Cc3ccc(F)cc3)CC1)O2. The standard InChI is InChI=1S/C28H26ClFN4O3/c1-36-26-20(3-2-10-32-26)21-13-24-23(14-22(21)29)33-16-25(37-24)27(35)34-11-8-28(17-31,9-12-34)15-18-4-6-19(30)7-5-18/h2-7,10,13-14,25,33H,8-9,11-12,15-16H2,1H3. The third-order valence-electron chi connectivity index (χ3n) is 7.07. The smallest absolute Gasteiger partial charge is 0.265 e. The highest BCUT2D eigenvalue weighted by molar-refractivity contribution is 6.33. The number of likely N-dealkylation sites (tertiary alicyclic amines) is 1. The molecule has 7 nitrogen and oxygen atoms in total. The first-order chi connectivity index (χ1) is 17.9. The first kappa shape index (κ1) is 24.8. The number of ether oxygens (including phenoxy) is 2. The molecule has 2 aliphatic heterocycles. The normalized spacial score (nSPS) is 18.1. The Labute approximate surface area is 219 Å². The lowest BCUT2D eigenvalue weighted by Gasteiger charge is -2.39. The van der Waals surface area contributed by atoms with Crippen LogP contribution in [0.4, 0.5) is 10.1 Å². The number of amides is 1. The number of nitrogens with zero attached hydrogens (tertiary/aromatic N) is 3. The van der Waals surface area contributed by atoms with E-state index in [1.165, 1.54) is 12.1 Å². The number of nitrogens with one attached hydrogen (secondary N) is 1. The molecule has 1 unspecified atom stereocenters. The summed E-state index contributed by atoms with van der Waals surface area (Å²) >= 11 is 6.55. The van der Waals surface area contributed by atoms with E-state index < -0.39 is 11.5 Å². The highest BCUT2D eigenvalue weighted by atomic mass is 35.5. The molecule has 190 valence electrons. The number of carbonyl (C=O) groups is 1. The molecule has 0 aliphatic carbocycles. The summed E-state index contributed by atoms with van der Waals surface area (Å²) in [5.74, 6) is 0.541. The number of methoxy groups -OCH3 is 1. The van der Waals surface area contributed by atoms with Gasteiger partial charge in [0.25, 0.3) is 5.91 Å². The fourth-order valence-electron chi connectivity index (χ4n) is 4.97. The Balaban J connectivity index is 1.28. The highest BCUT2D eigenvalue weighted by Gasteiger charge is 2.39. The molecule has 0 spiro atoms. The molecule has 3 heterocycles. The topological polar surface area (TPSA) is 87.5 Å². The second-order valence-corrected chi connectivity index (χ2v) is 9.80. The number of rotatable bonds is 5. The van der Waals surface area contributed by atoms with Crippen LogP contribution in [0.15, 0.2) is 54.7 Å². The predicted molar refractivity (Wildman–Crippen MR) is 138 cm³/mol. The van der Waals surface area contributed by atoms with Gasteiger partial charge < -0.3 is 19.7 Å². The zero-order valence-corrected chi connectivity index (χ0v) is 21.1. The molecule has 0 bridgehead atoms. The zero-order valence-electron chi connectivity index (χ0n) is 20.3. The molecule has 1 amide bonds. The zero-order chi connectivity index (χ0) is 26.0. The molecular formula is C28H26ClFN4O3. The molecule has 37 heavy (non-hydrogen) atoms. The minimum absolute atomic E-state index is 0.123. The third-order valence-corrected chi connectivity index (χ3v) is 7.38. The summed E-state index contributed by atoms with van der Waals surface area (Å²) in [6.45, 7) is 1.23. The molecule has 2 aromatic carbocycles. The van der Waals surface area contributed by atoms with E-state index in [1.54, 1.807) is 48.5 Å². The summed E-state index contributed by atoms with van der Waals surface area (Å²) in [7, 11) is 1.55. The Kier molecular flexibility index (Phi) is 6.90. The fraction of sp³-hybridized carbons (Fsp3) is 0.321. The van der Waals surface area contributed by atoms with Gasteiger partial charge >= 0.3 is 0 Å². The van der Waals surface area contributed by atoms with Crippen molar-refractivity contribution in [3.8, 4) is 28.8 Å². The van der Waals surface area contributed by atoms with Crippen molar-refractivity contribution in [2.24, 2.45) is 5.41 Å². The summed E-state index contributed by atoms with van der Waals surface area (Å²) in [6.07, 6.45) is 2.56. The van der Waals surface area contributed by atoms with Crippen molar-refractivity contribution in [3.63, 3.8) is 0 Å². The number of fused-ring (bicyclic) bond motifs is 1. The molecule has 1 N–H and O–H groups in total. The lowest BCUT2D eigenvalue weighted by Crippen LogP contribution is -2.51. The number of nitriles is 1. The van der Waals surface area contributed by atoms with Crippen LogP contribution >= 0.6 is 11.6 Å². The van der Waals surface area contributed by atoms with E-state index in [-0.39, 0.29) is 11.7 Å². The van der Waals surface area contributed by atoms with Gasteiger partial charge in [0.2, 0.25) is 5.88 Å². The number of pyridine rings is 1. The van der Waals surface area contributed by atoms with Gasteiger partial charge in [-0.15, -0.1) is 0 Å². The van der Waals surface area contributed by atoms with E-state index in [0.717, 1.165) is 11.1 Å². The molecule has 0 saturated carbocycles. The van der Waals surface area contributed by atoms with Crippen molar-refractivity contribution in [1.29, 1.82) is 5.26 Å². The van der Waals surface area contributed by atoms with Crippen LogP contribution in [0, 0.1) is 22.6 Å². The van der Waals surface area contributed by atoms with Crippen LogP contribution in [0.3, 0.4) is 0 Å². The van der Waals surface area contributed by atoms with Gasteiger partial charge in [0.1, 0.15) is 11.6 Å². The van der Waals surface area contributed by atoms with E-state index in [2.05, 4.69) is 16.4 Å². The Bertz CT molecular complexity index is 1350. The molecule has 1 atom stereocenters. The number of carbonyl (C=O) groups excluding carboxylic acids is 1. The third kappa shape index (κ3) is 5.05. The molecule has 0 radical (unpaired) electrons. The summed E-state index contributed by atoms with van der Waals surface area (Å²) in [6, 6.07) is 15.9. The first-order valence-electron chi connectivity index (χ1n) is 12.1. The maximum absolute atomic E-state index is 13.4. The van der Waals surface area contributed by atoms with Crippen molar-refractivity contribution in [1.82, 2.24) is 9.88 Å². The number of halogens is 2. The number of piperidine rings is 1. The number of anilines is 1. The van der Waals surface area contributed by atoms with Gasteiger partial charge in [0.15, 0.2) is 6.10 Å². The minimum atomic E-state index is -0.705. The van der Waals surface area contributed by atoms with Crippen molar-refractivity contribution in [2.75, 3.05) is 32.1 Å². The molecule has 2 aliphatic rings. The van der Waals surface area contributed by atoms with E-state index in [4.69, 9.17) is 21.1 Å². The lowest BCUT2D eigenvalue weighted by molar-refractivity contribution is -0.140. The Hall–Kier alpha value is -3.83. The van der Waals surface area contributed by atoms with Gasteiger partial charge in [-0.1, -0.05) is 23.7 Å². The number of hydrogen-bond donors (Lipinski definition) is 1. The maximum atomic E-state index is 13.4. The number of benzene rings is 2. The van der Waals surface area contributed by atoms with Gasteiger partial charge in [-0.3, -0.25) is 4.79 Å². The Morgan fingerprint density at radius 1 is 1.27 bits per heavy atom. The van der Waals surface area contributed by atoms with Crippen LogP contribution < -0.4 is 14.8 Å². The molecule has 1 fully saturated rings. The van der Waals surface area contributed by atoms with Crippen molar-refractivity contribution < 1.29 is 18.7 Å². The average molecular weight is 521 g/mol. The average Bonchev–Trinajstić information content (AvgIpc) is 2.93. The Morgan fingerprint density at radius 2 is 2.03 bits per heavy atom. The fourth-order valence-corrected chi connectivity index (χ4v) is 5.23. The van der Waals surface area contributed by atoms with Crippen LogP contribution in [-0.2, 0) is 11.2 Å². The number of hydrogen-bond acceptors (Lipinski definition) is 6. The lowest BCUT2D eigenvalue weighted by atomic mass is 9.75. The van der Waals surface area contributed by atoms with Crippen LogP contribution in [0.5, 0.6) is 11.6 Å². The van der Waals surface area contributed by atoms with Crippen molar-refractivity contribution in [2.45, 2.75) is 25.4 Å². The van der Waals surface area contributed by atoms with Gasteiger partial charge in [0, 0.05) is 30.4 Å². The second kappa shape index (κ2) is 10.3. The molecule has 9 heteroatoms. The summed E-state index contributed by atoms with van der Waals surface area (Å²) in [4.78, 5) is 19.4. The van der Waals surface area contributed by atoms with Crippen LogP contribution in [-0.4, -0.2) is 48.6 Å². The highest BCUT2D eigenvalue weighted by Crippen LogP contribution is 2.42. The minimum Gasteiger partial charge on any atom is -0.481 e. The molecule has 1 saturated heterocycles.